The van der Waals surface area contributed by atoms with E-state index in [9.17, 15) is 8.42 Å². The van der Waals surface area contributed by atoms with Crippen LogP contribution in [0.4, 0.5) is 0 Å². The van der Waals surface area contributed by atoms with Crippen molar-refractivity contribution in [2.45, 2.75) is 18.5 Å². The van der Waals surface area contributed by atoms with Gasteiger partial charge < -0.3 is 5.32 Å². The van der Waals surface area contributed by atoms with Crippen LogP contribution in [0.3, 0.4) is 0 Å². The van der Waals surface area contributed by atoms with E-state index in [1.807, 2.05) is 20.2 Å². The molecule has 1 atom stereocenters. The Bertz CT molecular complexity index is 474. The van der Waals surface area contributed by atoms with Gasteiger partial charge in [0.25, 0.3) is 10.0 Å². The summed E-state index contributed by atoms with van der Waals surface area (Å²) < 4.78 is 26.6. The maximum Gasteiger partial charge on any atom is 0.258 e. The van der Waals surface area contributed by atoms with Gasteiger partial charge in [-0.3, -0.25) is 0 Å². The molecule has 0 saturated carbocycles. The number of hydrogen-bond acceptors (Lipinski definition) is 5. The third-order valence-corrected chi connectivity index (χ3v) is 4.77. The molecule has 1 unspecified atom stereocenters. The predicted octanol–water partition coefficient (Wildman–Crippen LogP) is 1.08. The molecular weight excluding hydrogens is 282 g/mol. The van der Waals surface area contributed by atoms with E-state index in [1.165, 1.54) is 6.07 Å². The zero-order chi connectivity index (χ0) is 14.3. The standard InChI is InChI=1S/C12H21N3O2S2/c1-10(9-18-3)6-15-19(16,17)12-5-4-11(7-13-2)8-14-12/h4-5,8,10,13,15H,6-7,9H2,1-3H3. The summed E-state index contributed by atoms with van der Waals surface area (Å²) in [6, 6.07) is 3.30. The van der Waals surface area contributed by atoms with Crippen molar-refractivity contribution in [1.82, 2.24) is 15.0 Å². The lowest BCUT2D eigenvalue weighted by Gasteiger charge is -2.11. The number of rotatable bonds is 8. The average molecular weight is 303 g/mol. The summed E-state index contributed by atoms with van der Waals surface area (Å²) >= 11 is 1.71. The highest BCUT2D eigenvalue weighted by molar-refractivity contribution is 7.98. The fraction of sp³-hybridized carbons (Fsp3) is 0.583. The Morgan fingerprint density at radius 3 is 2.68 bits per heavy atom. The Morgan fingerprint density at radius 2 is 2.16 bits per heavy atom. The predicted molar refractivity (Wildman–Crippen MR) is 79.7 cm³/mol. The first kappa shape index (κ1) is 16.4. The van der Waals surface area contributed by atoms with Gasteiger partial charge in [0.2, 0.25) is 0 Å². The second-order valence-electron chi connectivity index (χ2n) is 4.45. The number of hydrogen-bond donors (Lipinski definition) is 2. The van der Waals surface area contributed by atoms with Gasteiger partial charge >= 0.3 is 0 Å². The molecule has 108 valence electrons. The Morgan fingerprint density at radius 1 is 1.42 bits per heavy atom. The minimum atomic E-state index is -3.50. The molecule has 0 aliphatic heterocycles. The third-order valence-electron chi connectivity index (χ3n) is 2.53. The zero-order valence-electron chi connectivity index (χ0n) is 11.5. The van der Waals surface area contributed by atoms with Crippen LogP contribution in [0.25, 0.3) is 0 Å². The molecule has 7 heteroatoms. The maximum absolute atomic E-state index is 12.0. The summed E-state index contributed by atoms with van der Waals surface area (Å²) in [5.41, 5.74) is 0.956. The van der Waals surface area contributed by atoms with Gasteiger partial charge in [0, 0.05) is 19.3 Å². The molecule has 1 aromatic rings. The molecular formula is C12H21N3O2S2. The van der Waals surface area contributed by atoms with E-state index in [0.717, 1.165) is 11.3 Å². The molecule has 0 fully saturated rings. The van der Waals surface area contributed by atoms with Crippen molar-refractivity contribution in [3.05, 3.63) is 23.9 Å². The van der Waals surface area contributed by atoms with E-state index in [2.05, 4.69) is 15.0 Å². The SMILES string of the molecule is CNCc1ccc(S(=O)(=O)NCC(C)CSC)nc1. The Kier molecular flexibility index (Phi) is 6.78. The quantitative estimate of drug-likeness (QED) is 0.752. The van der Waals surface area contributed by atoms with Gasteiger partial charge in [-0.2, -0.15) is 11.8 Å². The number of aromatic nitrogens is 1. The molecule has 1 heterocycles. The number of nitrogens with zero attached hydrogens (tertiary/aromatic N) is 1. The van der Waals surface area contributed by atoms with Crippen molar-refractivity contribution in [1.29, 1.82) is 0 Å². The highest BCUT2D eigenvalue weighted by atomic mass is 32.2. The minimum Gasteiger partial charge on any atom is -0.316 e. The summed E-state index contributed by atoms with van der Waals surface area (Å²) in [4.78, 5) is 4.00. The van der Waals surface area contributed by atoms with E-state index >= 15 is 0 Å². The number of sulfonamides is 1. The maximum atomic E-state index is 12.0. The molecule has 0 aliphatic rings. The molecule has 0 spiro atoms. The van der Waals surface area contributed by atoms with Crippen LogP contribution in [0.5, 0.6) is 0 Å². The summed E-state index contributed by atoms with van der Waals surface area (Å²) in [6.45, 7) is 3.12. The normalized spacial score (nSPS) is 13.4. The number of nitrogens with one attached hydrogen (secondary N) is 2. The molecule has 0 aromatic carbocycles. The van der Waals surface area contributed by atoms with Crippen molar-refractivity contribution in [3.8, 4) is 0 Å². The largest absolute Gasteiger partial charge is 0.316 e. The molecule has 0 aliphatic carbocycles. The molecule has 2 N–H and O–H groups in total. The van der Waals surface area contributed by atoms with Gasteiger partial charge in [-0.1, -0.05) is 13.0 Å². The lowest BCUT2D eigenvalue weighted by molar-refractivity contribution is 0.559. The zero-order valence-corrected chi connectivity index (χ0v) is 13.1. The molecule has 1 rings (SSSR count). The average Bonchev–Trinajstić information content (AvgIpc) is 2.38. The first-order valence-corrected chi connectivity index (χ1v) is 8.95. The molecule has 0 amide bonds. The van der Waals surface area contributed by atoms with Gasteiger partial charge in [0.15, 0.2) is 5.03 Å². The summed E-state index contributed by atoms with van der Waals surface area (Å²) in [5, 5.41) is 3.06. The monoisotopic (exact) mass is 303 g/mol. The first-order valence-electron chi connectivity index (χ1n) is 6.07. The van der Waals surface area contributed by atoms with Crippen LogP contribution < -0.4 is 10.0 Å². The molecule has 0 radical (unpaired) electrons. The molecule has 5 nitrogen and oxygen atoms in total. The number of pyridine rings is 1. The lowest BCUT2D eigenvalue weighted by Crippen LogP contribution is -2.29. The highest BCUT2D eigenvalue weighted by Crippen LogP contribution is 2.08. The topological polar surface area (TPSA) is 71.1 Å². The number of thioether (sulfide) groups is 1. The molecule has 1 aromatic heterocycles. The van der Waals surface area contributed by atoms with Gasteiger partial charge in [-0.25, -0.2) is 18.1 Å². The Hall–Kier alpha value is -0.630. The smallest absolute Gasteiger partial charge is 0.258 e. The van der Waals surface area contributed by atoms with Crippen molar-refractivity contribution < 1.29 is 8.42 Å². The summed E-state index contributed by atoms with van der Waals surface area (Å²) in [5.74, 6) is 1.23. The fourth-order valence-electron chi connectivity index (χ4n) is 1.55. The van der Waals surface area contributed by atoms with E-state index in [4.69, 9.17) is 0 Å². The Balaban J connectivity index is 2.66. The van der Waals surface area contributed by atoms with Gasteiger partial charge in [-0.15, -0.1) is 0 Å². The van der Waals surface area contributed by atoms with Gasteiger partial charge in [0.1, 0.15) is 0 Å². The van der Waals surface area contributed by atoms with Crippen molar-refractivity contribution in [2.24, 2.45) is 5.92 Å². The van der Waals surface area contributed by atoms with Crippen LogP contribution in [-0.2, 0) is 16.6 Å². The van der Waals surface area contributed by atoms with Crippen LogP contribution in [0.2, 0.25) is 0 Å². The molecule has 19 heavy (non-hydrogen) atoms. The Labute approximate surface area is 119 Å². The van der Waals surface area contributed by atoms with Gasteiger partial charge in [-0.05, 0) is 36.6 Å². The van der Waals surface area contributed by atoms with Crippen LogP contribution in [0.1, 0.15) is 12.5 Å². The molecule has 0 saturated heterocycles. The van der Waals surface area contributed by atoms with Gasteiger partial charge in [0.05, 0.1) is 0 Å². The van der Waals surface area contributed by atoms with E-state index < -0.39 is 10.0 Å². The second kappa shape index (κ2) is 7.84. The third kappa shape index (κ3) is 5.48. The van der Waals surface area contributed by atoms with Crippen LogP contribution in [-0.4, -0.2) is 39.0 Å². The fourth-order valence-corrected chi connectivity index (χ4v) is 3.33. The van der Waals surface area contributed by atoms with E-state index in [0.29, 0.717) is 19.0 Å². The van der Waals surface area contributed by atoms with Crippen LogP contribution >= 0.6 is 11.8 Å². The summed E-state index contributed by atoms with van der Waals surface area (Å²) in [6.07, 6.45) is 3.59. The van der Waals surface area contributed by atoms with Crippen molar-refractivity contribution in [2.75, 3.05) is 25.6 Å². The van der Waals surface area contributed by atoms with E-state index in [1.54, 1.807) is 24.0 Å². The van der Waals surface area contributed by atoms with Crippen molar-refractivity contribution in [3.63, 3.8) is 0 Å². The second-order valence-corrected chi connectivity index (χ2v) is 7.07. The van der Waals surface area contributed by atoms with Crippen molar-refractivity contribution >= 4 is 21.8 Å². The first-order chi connectivity index (χ1) is 8.99. The summed E-state index contributed by atoms with van der Waals surface area (Å²) in [7, 11) is -1.66. The van der Waals surface area contributed by atoms with Crippen LogP contribution in [0, 0.1) is 5.92 Å². The lowest BCUT2D eigenvalue weighted by atomic mass is 10.2. The van der Waals surface area contributed by atoms with E-state index in [-0.39, 0.29) is 5.03 Å². The molecule has 0 bridgehead atoms. The minimum absolute atomic E-state index is 0.0729. The van der Waals surface area contributed by atoms with Crippen LogP contribution in [0.15, 0.2) is 23.4 Å². The highest BCUT2D eigenvalue weighted by Gasteiger charge is 2.16.